The largest absolute Gasteiger partial charge is 0.481 e. The number of carboxylic acid groups (broad SMARTS) is 1. The number of carbonyl (C=O) groups excluding carboxylic acids is 2. The number of esters is 1. The van der Waals surface area contributed by atoms with Gasteiger partial charge in [0.15, 0.2) is 0 Å². The van der Waals surface area contributed by atoms with E-state index in [1.807, 2.05) is 0 Å². The molecule has 7 heteroatoms. The lowest BCUT2D eigenvalue weighted by atomic mass is 10.1. The van der Waals surface area contributed by atoms with Crippen molar-refractivity contribution in [2.24, 2.45) is 0 Å². The Kier molecular flexibility index (Phi) is 6.64. The van der Waals surface area contributed by atoms with Crippen LogP contribution in [0, 0.1) is 0 Å². The summed E-state index contributed by atoms with van der Waals surface area (Å²) >= 11 is 0. The van der Waals surface area contributed by atoms with E-state index >= 15 is 0 Å². The van der Waals surface area contributed by atoms with Crippen LogP contribution in [0.2, 0.25) is 0 Å². The SMILES string of the molecule is CC(C)(C)OC(=O)N[C@H](CCC(=O)O)C(=O)OC1CCCC1. The van der Waals surface area contributed by atoms with Crippen molar-refractivity contribution >= 4 is 18.0 Å². The number of hydrogen-bond acceptors (Lipinski definition) is 5. The van der Waals surface area contributed by atoms with E-state index in [9.17, 15) is 14.4 Å². The summed E-state index contributed by atoms with van der Waals surface area (Å²) in [5, 5.41) is 11.2. The fraction of sp³-hybridized carbons (Fsp3) is 0.800. The smallest absolute Gasteiger partial charge is 0.408 e. The molecule has 0 aromatic rings. The second-order valence-corrected chi connectivity index (χ2v) is 6.47. The number of nitrogens with one attached hydrogen (secondary N) is 1. The molecule has 0 radical (unpaired) electrons. The average Bonchev–Trinajstić information content (AvgIpc) is 2.84. The van der Waals surface area contributed by atoms with Crippen molar-refractivity contribution in [1.82, 2.24) is 5.32 Å². The van der Waals surface area contributed by atoms with Crippen LogP contribution in [-0.2, 0) is 19.1 Å². The zero-order chi connectivity index (χ0) is 16.8. The van der Waals surface area contributed by atoms with Crippen molar-refractivity contribution in [1.29, 1.82) is 0 Å². The first-order valence-corrected chi connectivity index (χ1v) is 7.59. The van der Waals surface area contributed by atoms with Gasteiger partial charge in [-0.1, -0.05) is 0 Å². The van der Waals surface area contributed by atoms with Crippen LogP contribution in [0.4, 0.5) is 4.79 Å². The second kappa shape index (κ2) is 8.00. The number of hydrogen-bond donors (Lipinski definition) is 2. The van der Waals surface area contributed by atoms with Crippen molar-refractivity contribution in [2.45, 2.75) is 77.0 Å². The Morgan fingerprint density at radius 1 is 1.23 bits per heavy atom. The van der Waals surface area contributed by atoms with Crippen LogP contribution in [0.5, 0.6) is 0 Å². The maximum atomic E-state index is 12.1. The van der Waals surface area contributed by atoms with Gasteiger partial charge in [0.25, 0.3) is 0 Å². The molecule has 1 saturated carbocycles. The maximum Gasteiger partial charge on any atom is 0.408 e. The zero-order valence-electron chi connectivity index (χ0n) is 13.4. The highest BCUT2D eigenvalue weighted by Gasteiger charge is 2.29. The highest BCUT2D eigenvalue weighted by molar-refractivity contribution is 5.82. The molecule has 0 unspecified atom stereocenters. The van der Waals surface area contributed by atoms with E-state index in [1.165, 1.54) is 0 Å². The monoisotopic (exact) mass is 315 g/mol. The molecule has 1 rings (SSSR count). The Morgan fingerprint density at radius 3 is 2.32 bits per heavy atom. The Bertz CT molecular complexity index is 409. The van der Waals surface area contributed by atoms with E-state index in [1.54, 1.807) is 20.8 Å². The maximum absolute atomic E-state index is 12.1. The first kappa shape index (κ1) is 18.3. The van der Waals surface area contributed by atoms with Crippen molar-refractivity contribution < 1.29 is 29.0 Å². The fourth-order valence-corrected chi connectivity index (χ4v) is 2.22. The Labute approximate surface area is 130 Å². The molecule has 1 atom stereocenters. The van der Waals surface area contributed by atoms with Crippen molar-refractivity contribution in [2.75, 3.05) is 0 Å². The molecule has 0 saturated heterocycles. The van der Waals surface area contributed by atoms with Gasteiger partial charge in [0.2, 0.25) is 0 Å². The number of amides is 1. The minimum Gasteiger partial charge on any atom is -0.481 e. The summed E-state index contributed by atoms with van der Waals surface area (Å²) in [4.78, 5) is 34.6. The van der Waals surface area contributed by atoms with Crippen LogP contribution in [-0.4, -0.2) is 40.9 Å². The van der Waals surface area contributed by atoms with Gasteiger partial charge < -0.3 is 19.9 Å². The summed E-state index contributed by atoms with van der Waals surface area (Å²) in [6, 6.07) is -1.01. The number of aliphatic carboxylic acids is 1. The van der Waals surface area contributed by atoms with Crippen LogP contribution >= 0.6 is 0 Å². The normalized spacial score (nSPS) is 16.9. The molecule has 2 N–H and O–H groups in total. The molecule has 0 aliphatic heterocycles. The molecular formula is C15H25NO6. The topological polar surface area (TPSA) is 102 Å². The van der Waals surface area contributed by atoms with E-state index in [2.05, 4.69) is 5.32 Å². The predicted octanol–water partition coefficient (Wildman–Crippen LogP) is 2.23. The first-order valence-electron chi connectivity index (χ1n) is 7.59. The standard InChI is InChI=1S/C15H25NO6/c1-15(2,3)22-14(20)16-11(8-9-12(17)18)13(19)21-10-6-4-5-7-10/h10-11H,4-9H2,1-3H3,(H,16,20)(H,17,18)/t11-/m1/s1. The summed E-state index contributed by atoms with van der Waals surface area (Å²) < 4.78 is 10.4. The van der Waals surface area contributed by atoms with E-state index in [-0.39, 0.29) is 18.9 Å². The van der Waals surface area contributed by atoms with Crippen molar-refractivity contribution in [3.05, 3.63) is 0 Å². The van der Waals surface area contributed by atoms with E-state index in [0.717, 1.165) is 25.7 Å². The van der Waals surface area contributed by atoms with Crippen LogP contribution < -0.4 is 5.32 Å². The summed E-state index contributed by atoms with van der Waals surface area (Å²) in [5.41, 5.74) is -0.698. The predicted molar refractivity (Wildman–Crippen MR) is 78.4 cm³/mol. The molecule has 0 aromatic carbocycles. The first-order chi connectivity index (χ1) is 10.2. The minimum absolute atomic E-state index is 0.0276. The van der Waals surface area contributed by atoms with Gasteiger partial charge in [-0.05, 0) is 52.9 Å². The van der Waals surface area contributed by atoms with E-state index in [4.69, 9.17) is 14.6 Å². The third kappa shape index (κ3) is 7.28. The zero-order valence-corrected chi connectivity index (χ0v) is 13.4. The van der Waals surface area contributed by atoms with Crippen LogP contribution in [0.25, 0.3) is 0 Å². The molecule has 7 nitrogen and oxygen atoms in total. The molecule has 1 fully saturated rings. The van der Waals surface area contributed by atoms with Gasteiger partial charge in [-0.25, -0.2) is 9.59 Å². The quantitative estimate of drug-likeness (QED) is 0.729. The molecule has 1 aliphatic carbocycles. The highest BCUT2D eigenvalue weighted by atomic mass is 16.6. The Morgan fingerprint density at radius 2 is 1.82 bits per heavy atom. The van der Waals surface area contributed by atoms with Gasteiger partial charge in [-0.15, -0.1) is 0 Å². The summed E-state index contributed by atoms with van der Waals surface area (Å²) in [7, 11) is 0. The lowest BCUT2D eigenvalue weighted by Crippen LogP contribution is -2.45. The molecule has 0 bridgehead atoms. The Hall–Kier alpha value is -1.79. The lowest BCUT2D eigenvalue weighted by Gasteiger charge is -2.23. The van der Waals surface area contributed by atoms with Gasteiger partial charge in [0.1, 0.15) is 17.7 Å². The minimum atomic E-state index is -1.04. The molecular weight excluding hydrogens is 290 g/mol. The van der Waals surface area contributed by atoms with Crippen molar-refractivity contribution in [3.8, 4) is 0 Å². The number of carbonyl (C=O) groups is 3. The number of carboxylic acids is 1. The van der Waals surface area contributed by atoms with Crippen LogP contribution in [0.1, 0.15) is 59.3 Å². The van der Waals surface area contributed by atoms with Gasteiger partial charge in [0.05, 0.1) is 0 Å². The molecule has 0 aromatic heterocycles. The summed E-state index contributed by atoms with van der Waals surface area (Å²) in [6.07, 6.45) is 2.48. The van der Waals surface area contributed by atoms with Gasteiger partial charge in [0, 0.05) is 6.42 Å². The molecule has 0 heterocycles. The Balaban J connectivity index is 2.59. The van der Waals surface area contributed by atoms with Crippen molar-refractivity contribution in [3.63, 3.8) is 0 Å². The van der Waals surface area contributed by atoms with E-state index < -0.39 is 29.7 Å². The number of ether oxygens (including phenoxy) is 2. The van der Waals surface area contributed by atoms with Gasteiger partial charge >= 0.3 is 18.0 Å². The average molecular weight is 315 g/mol. The fourth-order valence-electron chi connectivity index (χ4n) is 2.22. The number of alkyl carbamates (subject to hydrolysis) is 1. The number of rotatable bonds is 6. The van der Waals surface area contributed by atoms with E-state index in [0.29, 0.717) is 0 Å². The molecule has 22 heavy (non-hydrogen) atoms. The molecule has 1 aliphatic rings. The molecule has 0 spiro atoms. The van der Waals surface area contributed by atoms with Crippen LogP contribution in [0.3, 0.4) is 0 Å². The molecule has 126 valence electrons. The molecule has 1 amide bonds. The third-order valence-electron chi connectivity index (χ3n) is 3.21. The van der Waals surface area contributed by atoms with Gasteiger partial charge in [-0.2, -0.15) is 0 Å². The van der Waals surface area contributed by atoms with Gasteiger partial charge in [-0.3, -0.25) is 4.79 Å². The lowest BCUT2D eigenvalue weighted by molar-refractivity contribution is -0.151. The second-order valence-electron chi connectivity index (χ2n) is 6.47. The highest BCUT2D eigenvalue weighted by Crippen LogP contribution is 2.21. The van der Waals surface area contributed by atoms with Crippen LogP contribution in [0.15, 0.2) is 0 Å². The summed E-state index contributed by atoms with van der Waals surface area (Å²) in [5.74, 6) is -1.64. The third-order valence-corrected chi connectivity index (χ3v) is 3.21. The summed E-state index contributed by atoms with van der Waals surface area (Å²) in [6.45, 7) is 5.11.